The molecule has 122 valence electrons. The van der Waals surface area contributed by atoms with Crippen LogP contribution in [0.15, 0.2) is 36.9 Å². The maximum absolute atomic E-state index is 12.4. The van der Waals surface area contributed by atoms with Crippen LogP contribution in [0, 0.1) is 17.2 Å². The van der Waals surface area contributed by atoms with Crippen LogP contribution < -0.4 is 5.32 Å². The number of carbonyl (C=O) groups excluding carboxylic acids is 2. The van der Waals surface area contributed by atoms with Gasteiger partial charge in [0.2, 0.25) is 5.91 Å². The molecule has 0 radical (unpaired) electrons. The van der Waals surface area contributed by atoms with Crippen molar-refractivity contribution in [2.75, 3.05) is 5.32 Å². The number of nitriles is 1. The Morgan fingerprint density at radius 1 is 1.35 bits per heavy atom. The second-order valence-electron chi connectivity index (χ2n) is 4.60. The maximum Gasteiger partial charge on any atom is 0.416 e. The van der Waals surface area contributed by atoms with Crippen LogP contribution in [0.4, 0.5) is 18.9 Å². The molecule has 23 heavy (non-hydrogen) atoms. The van der Waals surface area contributed by atoms with E-state index in [9.17, 15) is 27.9 Å². The number of alkyl halides is 3. The lowest BCUT2D eigenvalue weighted by atomic mass is 9.99. The van der Waals surface area contributed by atoms with Crippen molar-refractivity contribution >= 4 is 17.4 Å². The van der Waals surface area contributed by atoms with E-state index in [2.05, 4.69) is 11.9 Å². The number of hydrogen-bond donors (Lipinski definition) is 2. The third-order valence-corrected chi connectivity index (χ3v) is 2.88. The summed E-state index contributed by atoms with van der Waals surface area (Å²) >= 11 is 0. The topological polar surface area (TPSA) is 90.2 Å². The van der Waals surface area contributed by atoms with Crippen molar-refractivity contribution in [3.63, 3.8) is 0 Å². The van der Waals surface area contributed by atoms with Gasteiger partial charge in [-0.3, -0.25) is 9.59 Å². The summed E-state index contributed by atoms with van der Waals surface area (Å²) in [5.41, 5.74) is -0.877. The van der Waals surface area contributed by atoms with E-state index < -0.39 is 41.9 Å². The second kappa shape index (κ2) is 7.56. The molecule has 0 aliphatic rings. The number of carbonyl (C=O) groups is 2. The van der Waals surface area contributed by atoms with E-state index in [4.69, 9.17) is 5.26 Å². The summed E-state index contributed by atoms with van der Waals surface area (Å²) in [7, 11) is 0. The van der Waals surface area contributed by atoms with Gasteiger partial charge in [-0.15, -0.1) is 6.58 Å². The fourth-order valence-electron chi connectivity index (χ4n) is 1.64. The van der Waals surface area contributed by atoms with E-state index in [-0.39, 0.29) is 5.69 Å². The summed E-state index contributed by atoms with van der Waals surface area (Å²) < 4.78 is 37.3. The van der Waals surface area contributed by atoms with Gasteiger partial charge in [-0.2, -0.15) is 18.4 Å². The highest BCUT2D eigenvalue weighted by molar-refractivity contribution is 6.09. The predicted octanol–water partition coefficient (Wildman–Crippen LogP) is 2.29. The van der Waals surface area contributed by atoms with Gasteiger partial charge in [-0.05, 0) is 24.3 Å². The van der Waals surface area contributed by atoms with Crippen molar-refractivity contribution in [3.05, 3.63) is 42.5 Å². The second-order valence-corrected chi connectivity index (χ2v) is 4.60. The van der Waals surface area contributed by atoms with Crippen molar-refractivity contribution in [2.24, 2.45) is 5.92 Å². The van der Waals surface area contributed by atoms with E-state index in [1.807, 2.05) is 0 Å². The third kappa shape index (κ3) is 5.23. The molecular weight excluding hydrogens is 313 g/mol. The minimum Gasteiger partial charge on any atom is -0.389 e. The molecule has 2 atom stereocenters. The molecule has 0 aromatic heterocycles. The molecule has 2 unspecified atom stereocenters. The maximum atomic E-state index is 12.4. The van der Waals surface area contributed by atoms with Gasteiger partial charge in [-0.25, -0.2) is 0 Å². The highest BCUT2D eigenvalue weighted by atomic mass is 19.4. The van der Waals surface area contributed by atoms with Crippen molar-refractivity contribution in [2.45, 2.75) is 18.7 Å². The molecule has 1 amide bonds. The SMILES string of the molecule is C=CC(O)CC(=O)C(C#N)C(=O)Nc1ccc(C(F)(F)F)cc1. The Labute approximate surface area is 130 Å². The molecule has 0 aliphatic heterocycles. The number of benzene rings is 1. The lowest BCUT2D eigenvalue weighted by Gasteiger charge is -2.12. The number of anilines is 1. The zero-order valence-corrected chi connectivity index (χ0v) is 11.8. The number of amides is 1. The van der Waals surface area contributed by atoms with E-state index in [1.54, 1.807) is 0 Å². The zero-order valence-electron chi connectivity index (χ0n) is 11.8. The Kier molecular flexibility index (Phi) is 6.04. The molecule has 0 saturated carbocycles. The summed E-state index contributed by atoms with van der Waals surface area (Å²) in [5.74, 6) is -3.47. The molecule has 8 heteroatoms. The number of hydrogen-bond acceptors (Lipinski definition) is 4. The van der Waals surface area contributed by atoms with E-state index >= 15 is 0 Å². The van der Waals surface area contributed by atoms with Gasteiger partial charge in [0.05, 0.1) is 17.7 Å². The minimum absolute atomic E-state index is 0.0142. The number of ketones is 1. The van der Waals surface area contributed by atoms with Gasteiger partial charge < -0.3 is 10.4 Å². The van der Waals surface area contributed by atoms with Crippen molar-refractivity contribution in [1.82, 2.24) is 0 Å². The van der Waals surface area contributed by atoms with Gasteiger partial charge in [0.1, 0.15) is 0 Å². The summed E-state index contributed by atoms with van der Waals surface area (Å²) in [6, 6.07) is 5.05. The zero-order chi connectivity index (χ0) is 17.6. The Morgan fingerprint density at radius 3 is 2.35 bits per heavy atom. The fraction of sp³-hybridized carbons (Fsp3) is 0.267. The summed E-state index contributed by atoms with van der Waals surface area (Å²) in [6.45, 7) is 3.26. The Hall–Kier alpha value is -2.66. The van der Waals surface area contributed by atoms with Gasteiger partial charge in [0.15, 0.2) is 11.7 Å². The van der Waals surface area contributed by atoms with Crippen molar-refractivity contribution in [1.29, 1.82) is 5.26 Å². The molecule has 5 nitrogen and oxygen atoms in total. The highest BCUT2D eigenvalue weighted by Crippen LogP contribution is 2.29. The van der Waals surface area contributed by atoms with Gasteiger partial charge in [-0.1, -0.05) is 6.08 Å². The highest BCUT2D eigenvalue weighted by Gasteiger charge is 2.30. The third-order valence-electron chi connectivity index (χ3n) is 2.88. The first-order valence-corrected chi connectivity index (χ1v) is 6.40. The molecule has 0 spiro atoms. The number of nitrogens with zero attached hydrogens (tertiary/aromatic N) is 1. The van der Waals surface area contributed by atoms with E-state index in [0.717, 1.165) is 30.3 Å². The molecule has 0 fully saturated rings. The predicted molar refractivity (Wildman–Crippen MR) is 75.0 cm³/mol. The molecule has 1 aromatic carbocycles. The monoisotopic (exact) mass is 326 g/mol. The number of halogens is 3. The Bertz CT molecular complexity index is 633. The number of aliphatic hydroxyl groups is 1. The molecule has 1 aromatic rings. The lowest BCUT2D eigenvalue weighted by Crippen LogP contribution is -2.30. The molecular formula is C15H13F3N2O3. The number of nitrogens with one attached hydrogen (secondary N) is 1. The van der Waals surface area contributed by atoms with Crippen LogP contribution in [-0.2, 0) is 15.8 Å². The smallest absolute Gasteiger partial charge is 0.389 e. The Morgan fingerprint density at radius 2 is 1.91 bits per heavy atom. The standard InChI is InChI=1S/C15H13F3N2O3/c1-2-11(21)7-13(22)12(8-19)14(23)20-10-5-3-9(4-6-10)15(16,17)18/h2-6,11-12,21H,1,7H2,(H,20,23). The van der Waals surface area contributed by atoms with Crippen LogP contribution in [0.1, 0.15) is 12.0 Å². The quantitative estimate of drug-likeness (QED) is 0.620. The minimum atomic E-state index is -4.51. The van der Waals surface area contributed by atoms with Crippen molar-refractivity contribution in [3.8, 4) is 6.07 Å². The Balaban J connectivity index is 2.79. The average molecular weight is 326 g/mol. The van der Waals surface area contributed by atoms with Crippen LogP contribution >= 0.6 is 0 Å². The van der Waals surface area contributed by atoms with Crippen LogP contribution in [0.5, 0.6) is 0 Å². The van der Waals surface area contributed by atoms with E-state index in [0.29, 0.717) is 0 Å². The van der Waals surface area contributed by atoms with Crippen LogP contribution in [0.3, 0.4) is 0 Å². The van der Waals surface area contributed by atoms with Crippen LogP contribution in [0.25, 0.3) is 0 Å². The number of rotatable bonds is 6. The summed E-state index contributed by atoms with van der Waals surface area (Å²) in [5, 5.41) is 20.3. The molecule has 0 bridgehead atoms. The largest absolute Gasteiger partial charge is 0.416 e. The van der Waals surface area contributed by atoms with Crippen molar-refractivity contribution < 1.29 is 27.9 Å². The first-order chi connectivity index (χ1) is 10.7. The molecule has 2 N–H and O–H groups in total. The van der Waals surface area contributed by atoms with E-state index in [1.165, 1.54) is 6.07 Å². The fourth-order valence-corrected chi connectivity index (χ4v) is 1.64. The molecule has 0 saturated heterocycles. The van der Waals surface area contributed by atoms with Crippen LogP contribution in [0.2, 0.25) is 0 Å². The van der Waals surface area contributed by atoms with Crippen LogP contribution in [-0.4, -0.2) is 22.9 Å². The summed E-state index contributed by atoms with van der Waals surface area (Å²) in [4.78, 5) is 23.6. The van der Waals surface area contributed by atoms with Gasteiger partial charge >= 0.3 is 6.18 Å². The average Bonchev–Trinajstić information content (AvgIpc) is 2.47. The molecule has 0 aliphatic carbocycles. The normalized spacial score (nSPS) is 13.5. The first-order valence-electron chi connectivity index (χ1n) is 6.40. The summed E-state index contributed by atoms with van der Waals surface area (Å²) in [6.07, 6.45) is -5.06. The lowest BCUT2D eigenvalue weighted by molar-refractivity contribution is -0.137. The number of aliphatic hydroxyl groups excluding tert-OH is 1. The first kappa shape index (κ1) is 18.4. The van der Waals surface area contributed by atoms with Gasteiger partial charge in [0.25, 0.3) is 0 Å². The molecule has 1 rings (SSSR count). The van der Waals surface area contributed by atoms with Gasteiger partial charge in [0, 0.05) is 12.1 Å². The molecule has 0 heterocycles. The number of Topliss-reactive ketones (excluding diaryl/α,β-unsaturated/α-hetero) is 1.